The Morgan fingerprint density at radius 2 is 1.93 bits per heavy atom. The molecule has 6 rings (SSSR count). The van der Waals surface area contributed by atoms with Crippen molar-refractivity contribution in [1.29, 1.82) is 0 Å². The molecule has 1 aliphatic carbocycles. The molecule has 1 saturated heterocycles. The van der Waals surface area contributed by atoms with E-state index >= 15 is 0 Å². The van der Waals surface area contributed by atoms with E-state index in [2.05, 4.69) is 9.62 Å². The lowest BCUT2D eigenvalue weighted by Gasteiger charge is -2.42. The molecule has 1 saturated carbocycles. The van der Waals surface area contributed by atoms with E-state index in [4.69, 9.17) is 21.1 Å². The maximum absolute atomic E-state index is 13.7. The van der Waals surface area contributed by atoms with Crippen LogP contribution in [-0.2, 0) is 27.8 Å². The summed E-state index contributed by atoms with van der Waals surface area (Å²) < 4.78 is 41.8. The second-order valence-corrected chi connectivity index (χ2v) is 15.3. The maximum atomic E-state index is 13.7. The number of benzene rings is 2. The number of allylic oxidation sites excluding steroid dienone is 1. The van der Waals surface area contributed by atoms with Crippen molar-refractivity contribution in [3.63, 3.8) is 0 Å². The van der Waals surface area contributed by atoms with Crippen LogP contribution in [0.25, 0.3) is 0 Å². The molecular weight excluding hydrogens is 600 g/mol. The Labute approximate surface area is 265 Å². The molecule has 8 nitrogen and oxygen atoms in total. The van der Waals surface area contributed by atoms with Gasteiger partial charge in [-0.25, -0.2) is 13.1 Å². The minimum Gasteiger partial charge on any atom is -0.487 e. The molecule has 0 spiro atoms. The molecule has 2 aromatic rings. The Bertz CT molecular complexity index is 1490. The largest absolute Gasteiger partial charge is 0.487 e. The molecule has 1 amide bonds. The molecule has 6 atom stereocenters. The lowest BCUT2D eigenvalue weighted by molar-refractivity contribution is -0.0564. The van der Waals surface area contributed by atoms with Crippen LogP contribution in [0.15, 0.2) is 48.6 Å². The van der Waals surface area contributed by atoms with Crippen LogP contribution in [-0.4, -0.2) is 56.6 Å². The van der Waals surface area contributed by atoms with Crippen LogP contribution in [0.2, 0.25) is 5.02 Å². The predicted molar refractivity (Wildman–Crippen MR) is 172 cm³/mol. The average Bonchev–Trinajstić information content (AvgIpc) is 2.96. The number of hydrogen-bond donors (Lipinski definition) is 2. The van der Waals surface area contributed by atoms with E-state index in [1.807, 2.05) is 37.3 Å². The van der Waals surface area contributed by atoms with Gasteiger partial charge in [-0.15, -0.1) is 0 Å². The average molecular weight is 643 g/mol. The van der Waals surface area contributed by atoms with Crippen molar-refractivity contribution >= 4 is 33.2 Å². The quantitative estimate of drug-likeness (QED) is 0.408. The highest BCUT2D eigenvalue weighted by atomic mass is 35.5. The molecular formula is C34H43ClN2O6S. The number of sulfonamides is 1. The third-order valence-corrected chi connectivity index (χ3v) is 12.2. The van der Waals surface area contributed by atoms with E-state index in [0.717, 1.165) is 56.3 Å². The third-order valence-electron chi connectivity index (χ3n) is 10.0. The number of nitrogens with zero attached hydrogens (tertiary/aromatic N) is 1. The second-order valence-electron chi connectivity index (χ2n) is 13.0. The molecule has 2 bridgehead atoms. The Morgan fingerprint density at radius 3 is 2.68 bits per heavy atom. The fraction of sp³-hybridized carbons (Fsp3) is 0.559. The van der Waals surface area contributed by atoms with Gasteiger partial charge in [-0.2, -0.15) is 0 Å². The first-order valence-corrected chi connectivity index (χ1v) is 17.9. The minimum absolute atomic E-state index is 0.123. The third kappa shape index (κ3) is 6.96. The number of nitrogens with one attached hydrogen (secondary N) is 1. The number of aliphatic hydroxyl groups is 1. The maximum Gasteiger partial charge on any atom is 0.264 e. The van der Waals surface area contributed by atoms with Crippen molar-refractivity contribution in [2.75, 3.05) is 24.6 Å². The molecule has 238 valence electrons. The molecule has 3 aliphatic heterocycles. The fourth-order valence-corrected chi connectivity index (χ4v) is 8.93. The van der Waals surface area contributed by atoms with Crippen molar-refractivity contribution in [3.8, 4) is 5.75 Å². The van der Waals surface area contributed by atoms with Crippen molar-refractivity contribution in [1.82, 2.24) is 4.72 Å². The van der Waals surface area contributed by atoms with E-state index in [0.29, 0.717) is 43.4 Å². The summed E-state index contributed by atoms with van der Waals surface area (Å²) in [5.41, 5.74) is 3.28. The summed E-state index contributed by atoms with van der Waals surface area (Å²) in [6, 6.07) is 11.1. The predicted octanol–water partition coefficient (Wildman–Crippen LogP) is 5.65. The first-order valence-electron chi connectivity index (χ1n) is 16.0. The number of aliphatic hydroxyl groups excluding tert-OH is 1. The number of carbonyl (C=O) groups is 1. The van der Waals surface area contributed by atoms with Gasteiger partial charge in [0.1, 0.15) is 12.4 Å². The molecule has 0 radical (unpaired) electrons. The molecule has 10 heteroatoms. The summed E-state index contributed by atoms with van der Waals surface area (Å²) in [7, 11) is -4.02. The summed E-state index contributed by atoms with van der Waals surface area (Å²) in [6.07, 6.45) is 9.36. The van der Waals surface area contributed by atoms with Crippen LogP contribution in [0.5, 0.6) is 5.75 Å². The molecule has 3 heterocycles. The lowest BCUT2D eigenvalue weighted by Crippen LogP contribution is -2.45. The van der Waals surface area contributed by atoms with Crippen LogP contribution >= 0.6 is 11.6 Å². The summed E-state index contributed by atoms with van der Waals surface area (Å²) in [6.45, 7) is 4.32. The normalized spacial score (nSPS) is 31.4. The number of amides is 1. The van der Waals surface area contributed by atoms with Gasteiger partial charge in [0.25, 0.3) is 5.91 Å². The fourth-order valence-electron chi connectivity index (χ4n) is 7.02. The number of carbonyl (C=O) groups excluding carboxylic acids is 1. The number of anilines is 1. The molecule has 0 unspecified atom stereocenters. The Kier molecular flexibility index (Phi) is 9.57. The summed E-state index contributed by atoms with van der Waals surface area (Å²) in [5.74, 6) is 0.131. The number of hydrogen-bond acceptors (Lipinski definition) is 7. The number of rotatable bonds is 2. The highest BCUT2D eigenvalue weighted by molar-refractivity contribution is 7.90. The van der Waals surface area contributed by atoms with Gasteiger partial charge < -0.3 is 19.5 Å². The van der Waals surface area contributed by atoms with E-state index in [1.54, 1.807) is 18.2 Å². The van der Waals surface area contributed by atoms with Gasteiger partial charge >= 0.3 is 0 Å². The first kappa shape index (κ1) is 31.4. The van der Waals surface area contributed by atoms with Gasteiger partial charge in [0.2, 0.25) is 10.0 Å². The highest BCUT2D eigenvalue weighted by Crippen LogP contribution is 2.41. The van der Waals surface area contributed by atoms with Crippen molar-refractivity contribution in [2.45, 2.75) is 82.4 Å². The molecule has 44 heavy (non-hydrogen) atoms. The minimum atomic E-state index is -4.02. The topological polar surface area (TPSA) is 105 Å². The number of fused-ring (bicyclic) bond motifs is 3. The molecule has 4 aliphatic rings. The van der Waals surface area contributed by atoms with E-state index in [9.17, 15) is 18.3 Å². The Balaban J connectivity index is 1.37. The van der Waals surface area contributed by atoms with E-state index in [1.165, 1.54) is 5.56 Å². The Morgan fingerprint density at radius 1 is 1.09 bits per heavy atom. The summed E-state index contributed by atoms with van der Waals surface area (Å²) >= 11 is 6.32. The van der Waals surface area contributed by atoms with Crippen LogP contribution in [0.1, 0.15) is 73.4 Å². The van der Waals surface area contributed by atoms with Gasteiger partial charge in [-0.05, 0) is 111 Å². The summed E-state index contributed by atoms with van der Waals surface area (Å²) in [5, 5.41) is 11.1. The lowest BCUT2D eigenvalue weighted by atomic mass is 9.70. The van der Waals surface area contributed by atoms with E-state index in [-0.39, 0.29) is 29.4 Å². The highest BCUT2D eigenvalue weighted by Gasteiger charge is 2.39. The van der Waals surface area contributed by atoms with Crippen molar-refractivity contribution in [3.05, 3.63) is 70.3 Å². The molecule has 2 fully saturated rings. The van der Waals surface area contributed by atoms with Crippen molar-refractivity contribution in [2.24, 2.45) is 17.8 Å². The van der Waals surface area contributed by atoms with Crippen LogP contribution in [0.3, 0.4) is 0 Å². The number of halogens is 1. The zero-order valence-electron chi connectivity index (χ0n) is 25.3. The molecule has 0 aromatic heterocycles. The zero-order valence-corrected chi connectivity index (χ0v) is 26.9. The van der Waals surface area contributed by atoms with Gasteiger partial charge in [-0.3, -0.25) is 4.79 Å². The summed E-state index contributed by atoms with van der Waals surface area (Å²) in [4.78, 5) is 15.9. The molecule has 2 N–H and O–H groups in total. The standard InChI is InChI=1S/C34H43ClN2O6S/c1-22-5-4-7-31(38)29-12-9-25(29)20-37-15-3-2-6-23-17-27(35)11-8-26(23)21-43-32-13-10-24(18-30(32)37)34(39)36-44(40,41)33(22)19-28-14-16-42-28/h4,7-8,10-11,13,17-18,22,25,28-29,31,33,38H,2-3,5-6,9,12,14-16,19-21H2,1H3,(H,36,39)/b7-4-/t22-,25+,28+,29-,31+,33-/m1/s1. The first-order chi connectivity index (χ1) is 21.2. The van der Waals surface area contributed by atoms with Gasteiger partial charge in [0, 0.05) is 30.3 Å². The number of aryl methyl sites for hydroxylation is 1. The van der Waals surface area contributed by atoms with Gasteiger partial charge in [-0.1, -0.05) is 36.7 Å². The zero-order chi connectivity index (χ0) is 30.8. The van der Waals surface area contributed by atoms with Crippen LogP contribution in [0, 0.1) is 17.8 Å². The number of ether oxygens (including phenoxy) is 2. The van der Waals surface area contributed by atoms with Gasteiger partial charge in [0.05, 0.1) is 23.1 Å². The van der Waals surface area contributed by atoms with Gasteiger partial charge in [0.15, 0.2) is 0 Å². The Hall–Kier alpha value is -2.59. The second kappa shape index (κ2) is 13.4. The van der Waals surface area contributed by atoms with Crippen LogP contribution < -0.4 is 14.4 Å². The monoisotopic (exact) mass is 642 g/mol. The molecule has 2 aromatic carbocycles. The smallest absolute Gasteiger partial charge is 0.264 e. The van der Waals surface area contributed by atoms with E-state index < -0.39 is 27.3 Å². The van der Waals surface area contributed by atoms with Crippen molar-refractivity contribution < 1.29 is 27.8 Å². The SMILES string of the molecule is C[C@@H]1C/C=C\[C@H](O)[C@@H]2CC[C@H]2CN2CCCCc3cc(Cl)ccc3COc3ccc(cc32)C(=O)NS(=O)(=O)[C@@H]1C[C@@H]1CCO1. The van der Waals surface area contributed by atoms with Crippen LogP contribution in [0.4, 0.5) is 5.69 Å².